The SMILES string of the molecule is CC(C(=O)O)C(=O)Nc1ccc2c(c1)N(C)CC2. The van der Waals surface area contributed by atoms with Crippen molar-refractivity contribution in [2.24, 2.45) is 5.92 Å². The summed E-state index contributed by atoms with van der Waals surface area (Å²) in [4.78, 5) is 24.4. The van der Waals surface area contributed by atoms with Gasteiger partial charge in [-0.25, -0.2) is 0 Å². The Hall–Kier alpha value is -2.04. The number of amides is 1. The summed E-state index contributed by atoms with van der Waals surface area (Å²) in [5.41, 5.74) is 2.98. The van der Waals surface area contributed by atoms with Crippen LogP contribution in [0.1, 0.15) is 12.5 Å². The molecule has 1 aromatic rings. The molecule has 1 heterocycles. The zero-order chi connectivity index (χ0) is 13.3. The van der Waals surface area contributed by atoms with Gasteiger partial charge in [-0.15, -0.1) is 0 Å². The lowest BCUT2D eigenvalue weighted by Crippen LogP contribution is -2.26. The minimum absolute atomic E-state index is 0.497. The third kappa shape index (κ3) is 2.30. The van der Waals surface area contributed by atoms with E-state index in [1.807, 2.05) is 25.2 Å². The molecule has 1 amide bonds. The van der Waals surface area contributed by atoms with Crippen molar-refractivity contribution in [3.8, 4) is 0 Å². The van der Waals surface area contributed by atoms with Crippen LogP contribution in [0.15, 0.2) is 18.2 Å². The Morgan fingerprint density at radius 2 is 2.17 bits per heavy atom. The van der Waals surface area contributed by atoms with Gasteiger partial charge in [0.15, 0.2) is 0 Å². The lowest BCUT2D eigenvalue weighted by Gasteiger charge is -2.14. The number of carboxylic acids is 1. The number of nitrogens with one attached hydrogen (secondary N) is 1. The standard InChI is InChI=1S/C13H16N2O3/c1-8(13(17)18)12(16)14-10-4-3-9-5-6-15(2)11(9)7-10/h3-4,7-8H,5-6H2,1-2H3,(H,14,16)(H,17,18). The molecular formula is C13H16N2O3. The topological polar surface area (TPSA) is 69.6 Å². The van der Waals surface area contributed by atoms with Crippen LogP contribution in [0.3, 0.4) is 0 Å². The van der Waals surface area contributed by atoms with Crippen molar-refractivity contribution in [2.45, 2.75) is 13.3 Å². The predicted octanol–water partition coefficient (Wildman–Crippen LogP) is 1.34. The second kappa shape index (κ2) is 4.68. The highest BCUT2D eigenvalue weighted by atomic mass is 16.4. The minimum atomic E-state index is -1.12. The van der Waals surface area contributed by atoms with E-state index in [4.69, 9.17) is 5.11 Å². The van der Waals surface area contributed by atoms with Gasteiger partial charge in [-0.3, -0.25) is 9.59 Å². The number of anilines is 2. The van der Waals surface area contributed by atoms with Gasteiger partial charge in [-0.1, -0.05) is 6.07 Å². The summed E-state index contributed by atoms with van der Waals surface area (Å²) in [6.07, 6.45) is 1.01. The molecule has 1 unspecified atom stereocenters. The zero-order valence-corrected chi connectivity index (χ0v) is 10.4. The Balaban J connectivity index is 2.14. The van der Waals surface area contributed by atoms with E-state index in [0.29, 0.717) is 5.69 Å². The second-order valence-corrected chi connectivity index (χ2v) is 4.56. The highest BCUT2D eigenvalue weighted by Crippen LogP contribution is 2.29. The molecule has 0 aliphatic carbocycles. The summed E-state index contributed by atoms with van der Waals surface area (Å²) in [7, 11) is 2.00. The minimum Gasteiger partial charge on any atom is -0.481 e. The Morgan fingerprint density at radius 3 is 2.83 bits per heavy atom. The van der Waals surface area contributed by atoms with Gasteiger partial charge in [-0.05, 0) is 31.0 Å². The van der Waals surface area contributed by atoms with E-state index < -0.39 is 17.8 Å². The number of carbonyl (C=O) groups excluding carboxylic acids is 1. The molecule has 0 fully saturated rings. The van der Waals surface area contributed by atoms with E-state index in [1.165, 1.54) is 12.5 Å². The molecule has 18 heavy (non-hydrogen) atoms. The molecule has 2 rings (SSSR count). The van der Waals surface area contributed by atoms with E-state index in [-0.39, 0.29) is 0 Å². The normalized spacial score (nSPS) is 15.1. The molecule has 2 N–H and O–H groups in total. The van der Waals surface area contributed by atoms with E-state index in [9.17, 15) is 9.59 Å². The second-order valence-electron chi connectivity index (χ2n) is 4.56. The third-order valence-corrected chi connectivity index (χ3v) is 3.24. The summed E-state index contributed by atoms with van der Waals surface area (Å²) in [6, 6.07) is 5.67. The van der Waals surface area contributed by atoms with Crippen LogP contribution in [0, 0.1) is 5.92 Å². The summed E-state index contributed by atoms with van der Waals surface area (Å²) < 4.78 is 0. The summed E-state index contributed by atoms with van der Waals surface area (Å²) in [6.45, 7) is 2.34. The van der Waals surface area contributed by atoms with Gasteiger partial charge in [0, 0.05) is 25.0 Å². The number of aliphatic carboxylic acids is 1. The molecular weight excluding hydrogens is 232 g/mol. The number of carbonyl (C=O) groups is 2. The van der Waals surface area contributed by atoms with Crippen molar-refractivity contribution in [1.29, 1.82) is 0 Å². The first-order valence-electron chi connectivity index (χ1n) is 5.87. The van der Waals surface area contributed by atoms with Crippen molar-refractivity contribution in [2.75, 3.05) is 23.8 Å². The molecule has 5 heteroatoms. The van der Waals surface area contributed by atoms with Crippen LogP contribution in [0.4, 0.5) is 11.4 Å². The van der Waals surface area contributed by atoms with Crippen molar-refractivity contribution < 1.29 is 14.7 Å². The molecule has 1 aromatic carbocycles. The van der Waals surface area contributed by atoms with Crippen molar-refractivity contribution in [3.05, 3.63) is 23.8 Å². The number of rotatable bonds is 3. The molecule has 0 saturated heterocycles. The van der Waals surface area contributed by atoms with Crippen LogP contribution in [-0.2, 0) is 16.0 Å². The average molecular weight is 248 g/mol. The van der Waals surface area contributed by atoms with Gasteiger partial charge in [0.2, 0.25) is 5.91 Å². The van der Waals surface area contributed by atoms with Crippen molar-refractivity contribution in [3.63, 3.8) is 0 Å². The van der Waals surface area contributed by atoms with Gasteiger partial charge in [0.25, 0.3) is 0 Å². The number of benzene rings is 1. The molecule has 5 nitrogen and oxygen atoms in total. The maximum Gasteiger partial charge on any atom is 0.315 e. The van der Waals surface area contributed by atoms with E-state index in [1.54, 1.807) is 0 Å². The number of hydrogen-bond acceptors (Lipinski definition) is 3. The quantitative estimate of drug-likeness (QED) is 0.792. The van der Waals surface area contributed by atoms with E-state index in [2.05, 4.69) is 10.2 Å². The molecule has 1 aliphatic heterocycles. The Morgan fingerprint density at radius 1 is 1.44 bits per heavy atom. The number of carboxylic acid groups (broad SMARTS) is 1. The molecule has 96 valence electrons. The first-order valence-corrected chi connectivity index (χ1v) is 5.87. The van der Waals surface area contributed by atoms with Gasteiger partial charge in [-0.2, -0.15) is 0 Å². The largest absolute Gasteiger partial charge is 0.481 e. The molecule has 0 saturated carbocycles. The molecule has 0 bridgehead atoms. The van der Waals surface area contributed by atoms with Crippen LogP contribution in [-0.4, -0.2) is 30.6 Å². The summed E-state index contributed by atoms with van der Waals surface area (Å²) >= 11 is 0. The average Bonchev–Trinajstić information content (AvgIpc) is 2.70. The maximum absolute atomic E-state index is 11.6. The number of nitrogens with zero attached hydrogens (tertiary/aromatic N) is 1. The fourth-order valence-corrected chi connectivity index (χ4v) is 1.98. The lowest BCUT2D eigenvalue weighted by molar-refractivity contribution is -0.144. The van der Waals surface area contributed by atoms with Gasteiger partial charge in [0.05, 0.1) is 0 Å². The van der Waals surface area contributed by atoms with E-state index >= 15 is 0 Å². The molecule has 1 atom stereocenters. The van der Waals surface area contributed by atoms with Crippen LogP contribution < -0.4 is 10.2 Å². The fraction of sp³-hybridized carbons (Fsp3) is 0.385. The van der Waals surface area contributed by atoms with Crippen LogP contribution >= 0.6 is 0 Å². The number of fused-ring (bicyclic) bond motifs is 1. The van der Waals surface area contributed by atoms with Crippen molar-refractivity contribution >= 4 is 23.3 Å². The maximum atomic E-state index is 11.6. The Bertz CT molecular complexity index is 499. The van der Waals surface area contributed by atoms with Crippen LogP contribution in [0.2, 0.25) is 0 Å². The molecule has 1 aliphatic rings. The first-order chi connectivity index (χ1) is 8.49. The van der Waals surface area contributed by atoms with Gasteiger partial charge < -0.3 is 15.3 Å². The smallest absolute Gasteiger partial charge is 0.315 e. The van der Waals surface area contributed by atoms with Gasteiger partial charge >= 0.3 is 5.97 Å². The Kier molecular flexibility index (Phi) is 3.23. The van der Waals surface area contributed by atoms with E-state index in [0.717, 1.165) is 18.7 Å². The first kappa shape index (κ1) is 12.4. The molecule has 0 spiro atoms. The van der Waals surface area contributed by atoms with Crippen LogP contribution in [0.25, 0.3) is 0 Å². The lowest BCUT2D eigenvalue weighted by atomic mass is 10.1. The van der Waals surface area contributed by atoms with Crippen molar-refractivity contribution in [1.82, 2.24) is 0 Å². The summed E-state index contributed by atoms with van der Waals surface area (Å²) in [5.74, 6) is -2.66. The fourth-order valence-electron chi connectivity index (χ4n) is 1.98. The molecule has 0 radical (unpaired) electrons. The van der Waals surface area contributed by atoms with Crippen LogP contribution in [0.5, 0.6) is 0 Å². The number of hydrogen-bond donors (Lipinski definition) is 2. The highest BCUT2D eigenvalue weighted by molar-refractivity contribution is 6.04. The molecule has 0 aromatic heterocycles. The van der Waals surface area contributed by atoms with Gasteiger partial charge in [0.1, 0.15) is 5.92 Å². The zero-order valence-electron chi connectivity index (χ0n) is 10.4. The monoisotopic (exact) mass is 248 g/mol. The Labute approximate surface area is 105 Å². The summed E-state index contributed by atoms with van der Waals surface area (Å²) in [5, 5.41) is 11.4. The third-order valence-electron chi connectivity index (χ3n) is 3.24. The predicted molar refractivity (Wildman–Crippen MR) is 68.8 cm³/mol. The highest BCUT2D eigenvalue weighted by Gasteiger charge is 2.21. The number of likely N-dealkylation sites (N-methyl/N-ethyl adjacent to an activating group) is 1.